The molecule has 2 heterocycles. The molecule has 2 aliphatic rings. The fourth-order valence-electron chi connectivity index (χ4n) is 3.43. The average molecular weight is 368 g/mol. The van der Waals surface area contributed by atoms with E-state index in [4.69, 9.17) is 14.2 Å². The van der Waals surface area contributed by atoms with Crippen molar-refractivity contribution in [1.82, 2.24) is 9.80 Å². The number of hydrogen-bond acceptors (Lipinski definition) is 5. The minimum absolute atomic E-state index is 0.0204. The number of fused-ring (bicyclic) bond motifs is 1. The van der Waals surface area contributed by atoms with Gasteiger partial charge >= 0.3 is 0 Å². The van der Waals surface area contributed by atoms with E-state index in [-0.39, 0.29) is 12.7 Å². The van der Waals surface area contributed by atoms with E-state index in [0.717, 1.165) is 32.7 Å². The second-order valence-corrected chi connectivity index (χ2v) is 6.86. The Hall–Kier alpha value is -2.73. The minimum atomic E-state index is -0.536. The van der Waals surface area contributed by atoms with Gasteiger partial charge < -0.3 is 19.1 Å². The van der Waals surface area contributed by atoms with Crippen molar-refractivity contribution in [3.63, 3.8) is 0 Å². The summed E-state index contributed by atoms with van der Waals surface area (Å²) in [6.45, 7) is 6.13. The van der Waals surface area contributed by atoms with Crippen LogP contribution in [0.1, 0.15) is 12.5 Å². The van der Waals surface area contributed by atoms with Gasteiger partial charge in [0.25, 0.3) is 5.91 Å². The lowest BCUT2D eigenvalue weighted by Gasteiger charge is -2.35. The van der Waals surface area contributed by atoms with Crippen LogP contribution < -0.4 is 14.2 Å². The quantitative estimate of drug-likeness (QED) is 0.812. The Balaban J connectivity index is 1.28. The zero-order valence-electron chi connectivity index (χ0n) is 15.5. The van der Waals surface area contributed by atoms with Crippen LogP contribution in [0.15, 0.2) is 48.5 Å². The summed E-state index contributed by atoms with van der Waals surface area (Å²) in [5.74, 6) is 1.99. The first kappa shape index (κ1) is 17.7. The van der Waals surface area contributed by atoms with Gasteiger partial charge in [-0.3, -0.25) is 9.69 Å². The Kier molecular flexibility index (Phi) is 5.16. The maximum absolute atomic E-state index is 12.7. The van der Waals surface area contributed by atoms with Crippen molar-refractivity contribution >= 4 is 5.91 Å². The molecular weight excluding hydrogens is 344 g/mol. The smallest absolute Gasteiger partial charge is 0.263 e. The van der Waals surface area contributed by atoms with Crippen LogP contribution in [0.3, 0.4) is 0 Å². The number of hydrogen-bond donors (Lipinski definition) is 0. The van der Waals surface area contributed by atoms with E-state index in [1.165, 1.54) is 5.56 Å². The Morgan fingerprint density at radius 2 is 1.78 bits per heavy atom. The summed E-state index contributed by atoms with van der Waals surface area (Å²) in [5, 5.41) is 0. The van der Waals surface area contributed by atoms with Crippen LogP contribution in [-0.4, -0.2) is 54.8 Å². The summed E-state index contributed by atoms with van der Waals surface area (Å²) in [5.41, 5.74) is 1.30. The molecule has 4 rings (SSSR count). The number of nitrogens with zero attached hydrogens (tertiary/aromatic N) is 2. The maximum Gasteiger partial charge on any atom is 0.263 e. The molecule has 0 spiro atoms. The average Bonchev–Trinajstić information content (AvgIpc) is 3.16. The van der Waals surface area contributed by atoms with E-state index in [1.807, 2.05) is 11.0 Å². The van der Waals surface area contributed by atoms with Gasteiger partial charge in [-0.15, -0.1) is 0 Å². The molecule has 0 aliphatic carbocycles. The van der Waals surface area contributed by atoms with Crippen LogP contribution in [0.2, 0.25) is 0 Å². The Bertz CT molecular complexity index is 788. The third-order valence-corrected chi connectivity index (χ3v) is 4.94. The number of ether oxygens (including phenoxy) is 3. The topological polar surface area (TPSA) is 51.2 Å². The molecule has 0 bridgehead atoms. The van der Waals surface area contributed by atoms with Crippen LogP contribution in [0.25, 0.3) is 0 Å². The van der Waals surface area contributed by atoms with Gasteiger partial charge in [-0.2, -0.15) is 0 Å². The van der Waals surface area contributed by atoms with Crippen LogP contribution >= 0.6 is 0 Å². The highest BCUT2D eigenvalue weighted by Crippen LogP contribution is 2.35. The second-order valence-electron chi connectivity index (χ2n) is 6.86. The second kappa shape index (κ2) is 7.88. The highest BCUT2D eigenvalue weighted by atomic mass is 16.7. The summed E-state index contributed by atoms with van der Waals surface area (Å²) in [6, 6.07) is 15.8. The van der Waals surface area contributed by atoms with Gasteiger partial charge in [0.1, 0.15) is 5.75 Å². The van der Waals surface area contributed by atoms with Gasteiger partial charge in [0.2, 0.25) is 6.79 Å². The standard InChI is InChI=1S/C21H24N2O4/c1-16(27-18-7-8-19-20(13-18)26-15-25-19)21(24)23-11-9-22(10-12-23)14-17-5-3-2-4-6-17/h2-8,13,16H,9-12,14-15H2,1H3/t16-/m1/s1. The van der Waals surface area contributed by atoms with Crippen molar-refractivity contribution in [3.05, 3.63) is 54.1 Å². The zero-order chi connectivity index (χ0) is 18.6. The van der Waals surface area contributed by atoms with Crippen molar-refractivity contribution < 1.29 is 19.0 Å². The molecule has 2 aromatic carbocycles. The normalized spacial score (nSPS) is 17.6. The van der Waals surface area contributed by atoms with Crippen LogP contribution in [0, 0.1) is 0 Å². The largest absolute Gasteiger partial charge is 0.481 e. The summed E-state index contributed by atoms with van der Waals surface area (Å²) in [6.07, 6.45) is -0.536. The van der Waals surface area contributed by atoms with E-state index >= 15 is 0 Å². The van der Waals surface area contributed by atoms with E-state index in [2.05, 4.69) is 29.2 Å². The lowest BCUT2D eigenvalue weighted by molar-refractivity contribution is -0.139. The lowest BCUT2D eigenvalue weighted by Crippen LogP contribution is -2.51. The van der Waals surface area contributed by atoms with Crippen molar-refractivity contribution in [2.24, 2.45) is 0 Å². The van der Waals surface area contributed by atoms with Crippen LogP contribution in [0.4, 0.5) is 0 Å². The molecule has 6 heteroatoms. The highest BCUT2D eigenvalue weighted by Gasteiger charge is 2.26. The Labute approximate surface area is 159 Å². The highest BCUT2D eigenvalue weighted by molar-refractivity contribution is 5.81. The first-order valence-electron chi connectivity index (χ1n) is 9.30. The number of rotatable bonds is 5. The number of carbonyl (C=O) groups excluding carboxylic acids is 1. The first-order chi connectivity index (χ1) is 13.2. The van der Waals surface area contributed by atoms with Gasteiger partial charge in [-0.1, -0.05) is 30.3 Å². The van der Waals surface area contributed by atoms with Crippen molar-refractivity contribution in [2.45, 2.75) is 19.6 Å². The van der Waals surface area contributed by atoms with Crippen LogP contribution in [0.5, 0.6) is 17.2 Å². The van der Waals surface area contributed by atoms with Gasteiger partial charge in [-0.25, -0.2) is 0 Å². The number of amides is 1. The molecule has 0 aromatic heterocycles. The minimum Gasteiger partial charge on any atom is -0.481 e. The SMILES string of the molecule is C[C@@H](Oc1ccc2c(c1)OCO2)C(=O)N1CCN(Cc2ccccc2)CC1. The molecule has 27 heavy (non-hydrogen) atoms. The molecule has 1 atom stereocenters. The predicted octanol–water partition coefficient (Wildman–Crippen LogP) is 2.53. The number of piperazine rings is 1. The zero-order valence-corrected chi connectivity index (χ0v) is 15.5. The third-order valence-electron chi connectivity index (χ3n) is 4.94. The molecule has 142 valence electrons. The summed E-state index contributed by atoms with van der Waals surface area (Å²) in [4.78, 5) is 17.0. The van der Waals surface area contributed by atoms with E-state index < -0.39 is 6.10 Å². The van der Waals surface area contributed by atoms with Crippen LogP contribution in [-0.2, 0) is 11.3 Å². The predicted molar refractivity (Wildman–Crippen MR) is 101 cm³/mol. The van der Waals surface area contributed by atoms with Crippen molar-refractivity contribution in [1.29, 1.82) is 0 Å². The molecule has 0 radical (unpaired) electrons. The summed E-state index contributed by atoms with van der Waals surface area (Å²) in [7, 11) is 0. The van der Waals surface area contributed by atoms with Gasteiger partial charge in [0.15, 0.2) is 17.6 Å². The number of carbonyl (C=O) groups is 1. The first-order valence-corrected chi connectivity index (χ1v) is 9.30. The molecular formula is C21H24N2O4. The molecule has 1 amide bonds. The fourth-order valence-corrected chi connectivity index (χ4v) is 3.43. The Morgan fingerprint density at radius 3 is 2.56 bits per heavy atom. The molecule has 1 saturated heterocycles. The van der Waals surface area contributed by atoms with Gasteiger partial charge in [-0.05, 0) is 24.6 Å². The molecule has 0 N–H and O–H groups in total. The molecule has 0 unspecified atom stereocenters. The third kappa shape index (κ3) is 4.17. The van der Waals surface area contributed by atoms with Crippen molar-refractivity contribution in [2.75, 3.05) is 33.0 Å². The fraction of sp³-hybridized carbons (Fsp3) is 0.381. The molecule has 0 saturated carbocycles. The molecule has 2 aliphatic heterocycles. The Morgan fingerprint density at radius 1 is 1.04 bits per heavy atom. The van der Waals surface area contributed by atoms with Gasteiger partial charge in [0, 0.05) is 38.8 Å². The van der Waals surface area contributed by atoms with Gasteiger partial charge in [0.05, 0.1) is 0 Å². The summed E-state index contributed by atoms with van der Waals surface area (Å²) >= 11 is 0. The van der Waals surface area contributed by atoms with E-state index in [0.29, 0.717) is 17.2 Å². The molecule has 1 fully saturated rings. The van der Waals surface area contributed by atoms with E-state index in [1.54, 1.807) is 25.1 Å². The summed E-state index contributed by atoms with van der Waals surface area (Å²) < 4.78 is 16.5. The maximum atomic E-state index is 12.7. The van der Waals surface area contributed by atoms with E-state index in [9.17, 15) is 4.79 Å². The number of benzene rings is 2. The monoisotopic (exact) mass is 368 g/mol. The lowest BCUT2D eigenvalue weighted by atomic mass is 10.2. The molecule has 2 aromatic rings. The van der Waals surface area contributed by atoms with Crippen molar-refractivity contribution in [3.8, 4) is 17.2 Å². The molecule has 6 nitrogen and oxygen atoms in total.